The topological polar surface area (TPSA) is 60.9 Å². The van der Waals surface area contributed by atoms with Crippen LogP contribution in [-0.4, -0.2) is 15.7 Å². The second kappa shape index (κ2) is 4.00. The first-order chi connectivity index (χ1) is 8.74. The van der Waals surface area contributed by atoms with Gasteiger partial charge in [-0.2, -0.15) is 5.10 Å². The molecule has 18 heavy (non-hydrogen) atoms. The molecule has 0 bridgehead atoms. The maximum atomic E-state index is 11.1. The smallest absolute Gasteiger partial charge is 0.248 e. The largest absolute Gasteiger partial charge is 0.366 e. The molecule has 0 aliphatic heterocycles. The van der Waals surface area contributed by atoms with Crippen LogP contribution in [0.4, 0.5) is 0 Å². The molecule has 2 aromatic carbocycles. The molecular weight excluding hydrogens is 226 g/mol. The number of rotatable bonds is 2. The number of nitrogens with zero attached hydrogens (tertiary/aromatic N) is 2. The molecule has 0 aliphatic carbocycles. The Balaban J connectivity index is 2.14. The molecule has 0 aliphatic rings. The van der Waals surface area contributed by atoms with Crippen molar-refractivity contribution < 1.29 is 4.79 Å². The van der Waals surface area contributed by atoms with E-state index < -0.39 is 5.91 Å². The molecule has 3 aromatic rings. The summed E-state index contributed by atoms with van der Waals surface area (Å²) in [6, 6.07) is 15.1. The van der Waals surface area contributed by atoms with E-state index in [0.717, 1.165) is 16.6 Å². The van der Waals surface area contributed by atoms with E-state index in [2.05, 4.69) is 5.10 Å². The number of carbonyl (C=O) groups is 1. The van der Waals surface area contributed by atoms with E-state index in [1.54, 1.807) is 16.8 Å². The zero-order valence-corrected chi connectivity index (χ0v) is 9.58. The average molecular weight is 237 g/mol. The first kappa shape index (κ1) is 10.5. The fraction of sp³-hybridized carbons (Fsp3) is 0. The van der Waals surface area contributed by atoms with Crippen molar-refractivity contribution in [1.29, 1.82) is 0 Å². The number of hydrogen-bond donors (Lipinski definition) is 1. The lowest BCUT2D eigenvalue weighted by molar-refractivity contribution is 0.100. The number of primary amides is 1. The summed E-state index contributed by atoms with van der Waals surface area (Å²) in [5.41, 5.74) is 7.46. The molecule has 3 rings (SSSR count). The molecule has 0 radical (unpaired) electrons. The van der Waals surface area contributed by atoms with Gasteiger partial charge in [-0.1, -0.05) is 24.3 Å². The lowest BCUT2D eigenvalue weighted by atomic mass is 10.1. The number of fused-ring (bicyclic) bond motifs is 1. The summed E-state index contributed by atoms with van der Waals surface area (Å²) in [6.45, 7) is 0. The summed E-state index contributed by atoms with van der Waals surface area (Å²) < 4.78 is 1.79. The summed E-state index contributed by atoms with van der Waals surface area (Å²) in [7, 11) is 0. The van der Waals surface area contributed by atoms with Crippen LogP contribution in [0.15, 0.2) is 54.7 Å². The van der Waals surface area contributed by atoms with E-state index in [9.17, 15) is 4.79 Å². The predicted molar refractivity (Wildman–Crippen MR) is 69.6 cm³/mol. The molecule has 2 N–H and O–H groups in total. The Kier molecular flexibility index (Phi) is 2.34. The van der Waals surface area contributed by atoms with Crippen molar-refractivity contribution in [2.24, 2.45) is 5.73 Å². The molecule has 0 spiro atoms. The molecule has 0 fully saturated rings. The van der Waals surface area contributed by atoms with E-state index in [1.807, 2.05) is 42.6 Å². The molecular formula is C14H11N3O. The molecule has 0 unspecified atom stereocenters. The van der Waals surface area contributed by atoms with E-state index in [-0.39, 0.29) is 0 Å². The number of hydrogen-bond acceptors (Lipinski definition) is 2. The van der Waals surface area contributed by atoms with Crippen molar-refractivity contribution in [2.45, 2.75) is 0 Å². The second-order valence-electron chi connectivity index (χ2n) is 4.05. The SMILES string of the molecule is NC(=O)c1ccc2cn(-c3ccccc3)nc2c1. The molecule has 88 valence electrons. The van der Waals surface area contributed by atoms with Gasteiger partial charge in [0.1, 0.15) is 0 Å². The standard InChI is InChI=1S/C14H11N3O/c15-14(18)10-6-7-11-9-17(16-13(11)8-10)12-4-2-1-3-5-12/h1-9H,(H2,15,18). The normalized spacial score (nSPS) is 10.7. The highest BCUT2D eigenvalue weighted by Gasteiger charge is 2.06. The molecule has 0 saturated heterocycles. The summed E-state index contributed by atoms with van der Waals surface area (Å²) in [6.07, 6.45) is 1.93. The Morgan fingerprint density at radius 2 is 1.89 bits per heavy atom. The minimum Gasteiger partial charge on any atom is -0.366 e. The molecule has 0 atom stereocenters. The van der Waals surface area contributed by atoms with Crippen LogP contribution < -0.4 is 5.73 Å². The third-order valence-electron chi connectivity index (χ3n) is 2.81. The fourth-order valence-electron chi connectivity index (χ4n) is 1.88. The van der Waals surface area contributed by atoms with Crippen molar-refractivity contribution in [2.75, 3.05) is 0 Å². The van der Waals surface area contributed by atoms with Crippen molar-refractivity contribution in [3.8, 4) is 5.69 Å². The maximum absolute atomic E-state index is 11.1. The second-order valence-corrected chi connectivity index (χ2v) is 4.05. The zero-order chi connectivity index (χ0) is 12.5. The summed E-state index contributed by atoms with van der Waals surface area (Å²) in [4.78, 5) is 11.1. The number of para-hydroxylation sites is 1. The van der Waals surface area contributed by atoms with Crippen LogP contribution in [0.2, 0.25) is 0 Å². The van der Waals surface area contributed by atoms with Crippen molar-refractivity contribution >= 4 is 16.8 Å². The lowest BCUT2D eigenvalue weighted by Gasteiger charge is -1.98. The van der Waals surface area contributed by atoms with Gasteiger partial charge in [0.2, 0.25) is 5.91 Å². The highest BCUT2D eigenvalue weighted by Crippen LogP contribution is 2.17. The summed E-state index contributed by atoms with van der Waals surface area (Å²) in [5.74, 6) is -0.439. The van der Waals surface area contributed by atoms with Crippen LogP contribution in [0.25, 0.3) is 16.6 Å². The fourth-order valence-corrected chi connectivity index (χ4v) is 1.88. The first-order valence-electron chi connectivity index (χ1n) is 5.59. The van der Waals surface area contributed by atoms with E-state index in [0.29, 0.717) is 5.56 Å². The van der Waals surface area contributed by atoms with Crippen LogP contribution in [-0.2, 0) is 0 Å². The molecule has 0 saturated carbocycles. The summed E-state index contributed by atoms with van der Waals surface area (Å²) >= 11 is 0. The Bertz CT molecular complexity index is 716. The van der Waals surface area contributed by atoms with Gasteiger partial charge in [-0.3, -0.25) is 4.79 Å². The van der Waals surface area contributed by atoms with E-state index in [1.165, 1.54) is 0 Å². The van der Waals surface area contributed by atoms with Crippen molar-refractivity contribution in [1.82, 2.24) is 9.78 Å². The van der Waals surface area contributed by atoms with Crippen LogP contribution in [0.3, 0.4) is 0 Å². The lowest BCUT2D eigenvalue weighted by Crippen LogP contribution is -2.10. The van der Waals surface area contributed by atoms with Crippen LogP contribution in [0.1, 0.15) is 10.4 Å². The molecule has 1 aromatic heterocycles. The van der Waals surface area contributed by atoms with Gasteiger partial charge in [0.25, 0.3) is 0 Å². The van der Waals surface area contributed by atoms with Gasteiger partial charge in [0, 0.05) is 17.1 Å². The number of carbonyl (C=O) groups excluding carboxylic acids is 1. The van der Waals surface area contributed by atoms with Crippen molar-refractivity contribution in [3.05, 3.63) is 60.3 Å². The zero-order valence-electron chi connectivity index (χ0n) is 9.58. The first-order valence-corrected chi connectivity index (χ1v) is 5.59. The third-order valence-corrected chi connectivity index (χ3v) is 2.81. The quantitative estimate of drug-likeness (QED) is 0.742. The van der Waals surface area contributed by atoms with Gasteiger partial charge < -0.3 is 5.73 Å². The molecule has 4 nitrogen and oxygen atoms in total. The van der Waals surface area contributed by atoms with Crippen LogP contribution in [0.5, 0.6) is 0 Å². The van der Waals surface area contributed by atoms with Gasteiger partial charge in [-0.25, -0.2) is 4.68 Å². The van der Waals surface area contributed by atoms with Gasteiger partial charge in [0.15, 0.2) is 0 Å². The summed E-state index contributed by atoms with van der Waals surface area (Å²) in [5, 5.41) is 5.41. The van der Waals surface area contributed by atoms with E-state index >= 15 is 0 Å². The minimum absolute atomic E-state index is 0.439. The highest BCUT2D eigenvalue weighted by molar-refractivity contribution is 5.96. The van der Waals surface area contributed by atoms with Gasteiger partial charge >= 0.3 is 0 Å². The average Bonchev–Trinajstić information content (AvgIpc) is 2.82. The Hall–Kier alpha value is -2.62. The Labute approximate surface area is 104 Å². The van der Waals surface area contributed by atoms with E-state index in [4.69, 9.17) is 5.73 Å². The molecule has 1 amide bonds. The number of benzene rings is 2. The predicted octanol–water partition coefficient (Wildman–Crippen LogP) is 2.12. The Morgan fingerprint density at radius 1 is 1.11 bits per heavy atom. The van der Waals surface area contributed by atoms with Crippen molar-refractivity contribution in [3.63, 3.8) is 0 Å². The Morgan fingerprint density at radius 3 is 2.61 bits per heavy atom. The van der Waals surface area contributed by atoms with Gasteiger partial charge in [0.05, 0.1) is 11.2 Å². The highest BCUT2D eigenvalue weighted by atomic mass is 16.1. The van der Waals surface area contributed by atoms with Gasteiger partial charge in [-0.15, -0.1) is 0 Å². The third kappa shape index (κ3) is 1.73. The maximum Gasteiger partial charge on any atom is 0.248 e. The van der Waals surface area contributed by atoms with Gasteiger partial charge in [-0.05, 0) is 24.3 Å². The number of nitrogens with two attached hydrogens (primary N) is 1. The minimum atomic E-state index is -0.439. The molecule has 4 heteroatoms. The molecule has 1 heterocycles. The number of amides is 1. The monoisotopic (exact) mass is 237 g/mol. The number of aromatic nitrogens is 2. The van der Waals surface area contributed by atoms with Crippen LogP contribution in [0, 0.1) is 0 Å². The van der Waals surface area contributed by atoms with Crippen LogP contribution >= 0.6 is 0 Å².